The zero-order valence-corrected chi connectivity index (χ0v) is 13.1. The van der Waals surface area contributed by atoms with E-state index in [0.717, 1.165) is 6.54 Å². The summed E-state index contributed by atoms with van der Waals surface area (Å²) in [5.74, 6) is 0. The van der Waals surface area contributed by atoms with Crippen molar-refractivity contribution in [2.75, 3.05) is 26.2 Å². The number of likely N-dealkylation sites (tertiary alicyclic amines) is 1. The third-order valence-corrected chi connectivity index (χ3v) is 5.85. The lowest BCUT2D eigenvalue weighted by molar-refractivity contribution is 0.0600. The van der Waals surface area contributed by atoms with Crippen LogP contribution in [0.25, 0.3) is 0 Å². The number of hydrogen-bond donors (Lipinski definition) is 1. The van der Waals surface area contributed by atoms with Gasteiger partial charge in [-0.2, -0.15) is 0 Å². The van der Waals surface area contributed by atoms with Crippen LogP contribution in [0.5, 0.6) is 0 Å². The van der Waals surface area contributed by atoms with Gasteiger partial charge in [0.15, 0.2) is 0 Å². The molecule has 106 valence electrons. The van der Waals surface area contributed by atoms with Gasteiger partial charge in [-0.1, -0.05) is 0 Å². The summed E-state index contributed by atoms with van der Waals surface area (Å²) < 4.78 is 0. The Hall–Kier alpha value is -0.380. The van der Waals surface area contributed by atoms with Crippen molar-refractivity contribution < 1.29 is 0 Å². The molecule has 0 aromatic carbocycles. The first-order valence-corrected chi connectivity index (χ1v) is 8.48. The van der Waals surface area contributed by atoms with Crippen LogP contribution in [0.15, 0.2) is 6.07 Å². The van der Waals surface area contributed by atoms with Crippen molar-refractivity contribution in [1.29, 1.82) is 0 Å². The average molecular weight is 278 g/mol. The summed E-state index contributed by atoms with van der Waals surface area (Å²) >= 11 is 1.95. The molecule has 1 unspecified atom stereocenters. The maximum atomic E-state index is 3.62. The zero-order valence-electron chi connectivity index (χ0n) is 12.3. The van der Waals surface area contributed by atoms with E-state index < -0.39 is 0 Å². The van der Waals surface area contributed by atoms with E-state index in [0.29, 0.717) is 5.41 Å². The van der Waals surface area contributed by atoms with E-state index in [9.17, 15) is 0 Å². The highest BCUT2D eigenvalue weighted by Crippen LogP contribution is 2.36. The summed E-state index contributed by atoms with van der Waals surface area (Å²) in [4.78, 5) is 5.67. The lowest BCUT2D eigenvalue weighted by atomic mass is 9.74. The molecule has 2 saturated heterocycles. The van der Waals surface area contributed by atoms with E-state index in [1.165, 1.54) is 61.6 Å². The molecule has 2 nitrogen and oxygen atoms in total. The summed E-state index contributed by atoms with van der Waals surface area (Å²) in [6.45, 7) is 10.7. The van der Waals surface area contributed by atoms with Gasteiger partial charge in [-0.15, -0.1) is 11.3 Å². The van der Waals surface area contributed by atoms with E-state index in [4.69, 9.17) is 0 Å². The lowest BCUT2D eigenvalue weighted by Crippen LogP contribution is -2.50. The van der Waals surface area contributed by atoms with Gasteiger partial charge in [-0.3, -0.25) is 4.90 Å². The molecule has 19 heavy (non-hydrogen) atoms. The Kier molecular flexibility index (Phi) is 3.97. The topological polar surface area (TPSA) is 15.3 Å². The largest absolute Gasteiger partial charge is 0.316 e. The molecule has 3 rings (SSSR count). The fourth-order valence-electron chi connectivity index (χ4n) is 3.91. The van der Waals surface area contributed by atoms with E-state index in [2.05, 4.69) is 30.1 Å². The first-order chi connectivity index (χ1) is 9.17. The Morgan fingerprint density at radius 1 is 1.32 bits per heavy atom. The second kappa shape index (κ2) is 5.55. The van der Waals surface area contributed by atoms with Gasteiger partial charge in [0.25, 0.3) is 0 Å². The molecule has 1 atom stereocenters. The molecule has 3 heteroatoms. The Morgan fingerprint density at radius 3 is 2.84 bits per heavy atom. The van der Waals surface area contributed by atoms with Gasteiger partial charge in [0.2, 0.25) is 0 Å². The molecule has 3 heterocycles. The number of nitrogens with zero attached hydrogens (tertiary/aromatic N) is 1. The van der Waals surface area contributed by atoms with Gasteiger partial charge >= 0.3 is 0 Å². The summed E-state index contributed by atoms with van der Waals surface area (Å²) in [7, 11) is 0. The van der Waals surface area contributed by atoms with Crippen LogP contribution in [0, 0.1) is 19.3 Å². The van der Waals surface area contributed by atoms with Crippen LogP contribution in [0.2, 0.25) is 0 Å². The molecule has 0 aliphatic carbocycles. The zero-order chi connectivity index (χ0) is 13.3. The molecule has 0 saturated carbocycles. The maximum absolute atomic E-state index is 3.62. The van der Waals surface area contributed by atoms with Crippen LogP contribution in [0.3, 0.4) is 0 Å². The molecule has 1 N–H and O–H groups in total. The minimum absolute atomic E-state index is 0.579. The van der Waals surface area contributed by atoms with E-state index in [1.54, 1.807) is 5.56 Å². The van der Waals surface area contributed by atoms with Crippen molar-refractivity contribution in [2.24, 2.45) is 5.41 Å². The van der Waals surface area contributed by atoms with Gasteiger partial charge in [-0.25, -0.2) is 0 Å². The monoisotopic (exact) mass is 278 g/mol. The third-order valence-electron chi connectivity index (χ3n) is 4.84. The first kappa shape index (κ1) is 13.6. The van der Waals surface area contributed by atoms with Crippen molar-refractivity contribution in [3.8, 4) is 0 Å². The van der Waals surface area contributed by atoms with Crippen LogP contribution in [0.1, 0.15) is 41.0 Å². The predicted octanol–water partition coefficient (Wildman–Crippen LogP) is 3.33. The highest BCUT2D eigenvalue weighted by atomic mass is 32.1. The van der Waals surface area contributed by atoms with Crippen LogP contribution < -0.4 is 5.32 Å². The van der Waals surface area contributed by atoms with Crippen LogP contribution in [0.4, 0.5) is 0 Å². The third kappa shape index (κ3) is 3.04. The quantitative estimate of drug-likeness (QED) is 0.892. The summed E-state index contributed by atoms with van der Waals surface area (Å²) in [6, 6.07) is 2.39. The van der Waals surface area contributed by atoms with Gasteiger partial charge < -0.3 is 5.32 Å². The standard InChI is InChI=1S/C16H26N2S/c1-13-9-15(14(2)19-13)10-18-8-4-6-16(12-18)5-3-7-17-11-16/h9,17H,3-8,10-12H2,1-2H3. The number of rotatable bonds is 2. The van der Waals surface area contributed by atoms with E-state index in [-0.39, 0.29) is 0 Å². The fraction of sp³-hybridized carbons (Fsp3) is 0.750. The molecule has 0 amide bonds. The normalized spacial score (nSPS) is 28.9. The predicted molar refractivity (Wildman–Crippen MR) is 82.8 cm³/mol. The lowest BCUT2D eigenvalue weighted by Gasteiger charge is -2.45. The minimum atomic E-state index is 0.579. The van der Waals surface area contributed by atoms with Crippen molar-refractivity contribution in [2.45, 2.75) is 46.1 Å². The van der Waals surface area contributed by atoms with E-state index in [1.807, 2.05) is 11.3 Å². The maximum Gasteiger partial charge on any atom is 0.0244 e. The van der Waals surface area contributed by atoms with Crippen molar-refractivity contribution >= 4 is 11.3 Å². The first-order valence-electron chi connectivity index (χ1n) is 7.66. The Morgan fingerprint density at radius 2 is 2.16 bits per heavy atom. The molecule has 0 radical (unpaired) electrons. The van der Waals surface area contributed by atoms with Crippen molar-refractivity contribution in [1.82, 2.24) is 10.2 Å². The molecule has 0 bridgehead atoms. The van der Waals surface area contributed by atoms with Crippen LogP contribution in [-0.4, -0.2) is 31.1 Å². The van der Waals surface area contributed by atoms with Crippen molar-refractivity contribution in [3.05, 3.63) is 21.4 Å². The smallest absolute Gasteiger partial charge is 0.0244 e. The van der Waals surface area contributed by atoms with Crippen molar-refractivity contribution in [3.63, 3.8) is 0 Å². The Balaban J connectivity index is 1.66. The molecule has 1 aromatic rings. The van der Waals surface area contributed by atoms with E-state index >= 15 is 0 Å². The molecule has 2 fully saturated rings. The SMILES string of the molecule is Cc1cc(CN2CCCC3(CCCNC3)C2)c(C)s1. The molecular formula is C16H26N2S. The van der Waals surface area contributed by atoms with Gasteiger partial charge in [0.05, 0.1) is 0 Å². The highest BCUT2D eigenvalue weighted by molar-refractivity contribution is 7.12. The Bertz CT molecular complexity index is 426. The van der Waals surface area contributed by atoms with Gasteiger partial charge in [0.1, 0.15) is 0 Å². The molecule has 1 spiro atoms. The summed E-state index contributed by atoms with van der Waals surface area (Å²) in [6.07, 6.45) is 5.60. The summed E-state index contributed by atoms with van der Waals surface area (Å²) in [5.41, 5.74) is 2.14. The van der Waals surface area contributed by atoms with Crippen LogP contribution in [-0.2, 0) is 6.54 Å². The second-order valence-corrected chi connectivity index (χ2v) is 7.99. The average Bonchev–Trinajstić information content (AvgIpc) is 2.69. The number of thiophene rings is 1. The molecule has 1 aromatic heterocycles. The molecule has 2 aliphatic heterocycles. The Labute approximate surface area is 121 Å². The van der Waals surface area contributed by atoms with Gasteiger partial charge in [0, 0.05) is 29.4 Å². The molecule has 2 aliphatic rings. The van der Waals surface area contributed by atoms with Gasteiger partial charge in [-0.05, 0) is 69.7 Å². The van der Waals surface area contributed by atoms with Crippen LogP contribution >= 0.6 is 11.3 Å². The highest BCUT2D eigenvalue weighted by Gasteiger charge is 2.36. The minimum Gasteiger partial charge on any atom is -0.316 e. The second-order valence-electron chi connectivity index (χ2n) is 6.53. The number of aryl methyl sites for hydroxylation is 2. The number of nitrogens with one attached hydrogen (secondary N) is 1. The molecular weight excluding hydrogens is 252 g/mol. The summed E-state index contributed by atoms with van der Waals surface area (Å²) in [5, 5.41) is 3.62. The number of piperidine rings is 2. The fourth-order valence-corrected chi connectivity index (χ4v) is 4.84. The number of hydrogen-bond acceptors (Lipinski definition) is 3.